The molecule has 1 unspecified atom stereocenters. The van der Waals surface area contributed by atoms with Crippen LogP contribution in [0.1, 0.15) is 92.1 Å². The van der Waals surface area contributed by atoms with E-state index in [4.69, 9.17) is 15.5 Å². The van der Waals surface area contributed by atoms with E-state index >= 15 is 0 Å². The zero-order chi connectivity index (χ0) is 38.6. The second kappa shape index (κ2) is 16.3. The first-order valence-corrected chi connectivity index (χ1v) is 18.9. The first kappa shape index (κ1) is 37.6. The van der Waals surface area contributed by atoms with Crippen LogP contribution in [-0.4, -0.2) is 119 Å². The lowest BCUT2D eigenvalue weighted by atomic mass is 10.0. The fourth-order valence-electron chi connectivity index (χ4n) is 7.97. The number of nitrogens with two attached hydrogens (primary N) is 1. The summed E-state index contributed by atoms with van der Waals surface area (Å²) in [5, 5.41) is 2.33. The van der Waals surface area contributed by atoms with Crippen molar-refractivity contribution in [2.24, 2.45) is 5.73 Å². The van der Waals surface area contributed by atoms with Gasteiger partial charge in [0.15, 0.2) is 5.78 Å². The molecule has 15 nitrogen and oxygen atoms in total. The third-order valence-corrected chi connectivity index (χ3v) is 11.0. The van der Waals surface area contributed by atoms with Gasteiger partial charge in [-0.1, -0.05) is 36.4 Å². The molecule has 3 N–H and O–H groups in total. The Morgan fingerprint density at radius 1 is 0.982 bits per heavy atom. The van der Waals surface area contributed by atoms with Gasteiger partial charge in [0.2, 0.25) is 11.8 Å². The lowest BCUT2D eigenvalue weighted by Crippen LogP contribution is -2.52. The molecule has 3 aromatic rings. The molecule has 15 heteroatoms. The minimum absolute atomic E-state index is 0.00923. The summed E-state index contributed by atoms with van der Waals surface area (Å²) in [6.07, 6.45) is 5.66. The van der Waals surface area contributed by atoms with E-state index in [0.29, 0.717) is 94.1 Å². The van der Waals surface area contributed by atoms with Crippen molar-refractivity contribution in [3.8, 4) is 0 Å². The normalized spacial score (nSPS) is 19.9. The van der Waals surface area contributed by atoms with Crippen molar-refractivity contribution in [1.82, 2.24) is 30.0 Å². The van der Waals surface area contributed by atoms with Gasteiger partial charge in [-0.3, -0.25) is 29.3 Å². The smallest absolute Gasteiger partial charge is 0.320 e. The van der Waals surface area contributed by atoms with Crippen LogP contribution in [0.25, 0.3) is 0 Å². The molecule has 0 aliphatic carbocycles. The predicted molar refractivity (Wildman–Crippen MR) is 200 cm³/mol. The second-order valence-electron chi connectivity index (χ2n) is 14.6. The van der Waals surface area contributed by atoms with E-state index in [9.17, 15) is 28.8 Å². The number of Topliss-reactive ketones (excluding diaryl/α,β-unsaturated/α-hetero) is 1. The van der Waals surface area contributed by atoms with E-state index in [-0.39, 0.29) is 41.8 Å². The van der Waals surface area contributed by atoms with E-state index in [0.717, 1.165) is 36.1 Å². The highest BCUT2D eigenvalue weighted by atomic mass is 16.5. The van der Waals surface area contributed by atoms with Crippen LogP contribution >= 0.6 is 0 Å². The molecule has 288 valence electrons. The van der Waals surface area contributed by atoms with E-state index in [1.807, 2.05) is 36.2 Å². The van der Waals surface area contributed by atoms with Gasteiger partial charge in [-0.25, -0.2) is 14.8 Å². The van der Waals surface area contributed by atoms with Crippen LogP contribution in [0.15, 0.2) is 48.7 Å². The Morgan fingerprint density at radius 2 is 1.80 bits per heavy atom. The largest absolute Gasteiger partial charge is 0.381 e. The number of imide groups is 1. The molecule has 1 aromatic heterocycles. The van der Waals surface area contributed by atoms with Gasteiger partial charge in [0.25, 0.3) is 11.8 Å². The number of carbonyl (C=O) groups excluding carboxylic acids is 6. The van der Waals surface area contributed by atoms with Crippen molar-refractivity contribution >= 4 is 41.3 Å². The molecule has 0 bridgehead atoms. The Balaban J connectivity index is 0.883. The van der Waals surface area contributed by atoms with Crippen LogP contribution in [0, 0.1) is 0 Å². The van der Waals surface area contributed by atoms with Crippen LogP contribution in [0.3, 0.4) is 0 Å². The number of likely N-dealkylation sites (N-methyl/N-ethyl adjacent to an activating group) is 1. The first-order valence-electron chi connectivity index (χ1n) is 18.9. The Labute approximate surface area is 319 Å². The van der Waals surface area contributed by atoms with Crippen molar-refractivity contribution in [2.75, 3.05) is 51.3 Å². The number of anilines is 1. The molecule has 6 amide bonds. The molecular weight excluding hydrogens is 704 g/mol. The number of amides is 6. The van der Waals surface area contributed by atoms with Gasteiger partial charge in [-0.2, -0.15) is 0 Å². The molecule has 3 saturated heterocycles. The van der Waals surface area contributed by atoms with Gasteiger partial charge in [0, 0.05) is 76.8 Å². The number of carbonyl (C=O) groups is 6. The van der Waals surface area contributed by atoms with Crippen molar-refractivity contribution in [2.45, 2.75) is 70.0 Å². The number of benzene rings is 2. The van der Waals surface area contributed by atoms with Gasteiger partial charge >= 0.3 is 6.03 Å². The number of fused-ring (bicyclic) bond motifs is 1. The number of hydrogen-bond acceptors (Lipinski definition) is 10. The lowest BCUT2D eigenvalue weighted by Gasteiger charge is -2.37. The molecule has 5 heterocycles. The van der Waals surface area contributed by atoms with Crippen molar-refractivity contribution in [3.05, 3.63) is 87.9 Å². The molecule has 0 spiro atoms. The second-order valence-corrected chi connectivity index (χ2v) is 14.6. The van der Waals surface area contributed by atoms with Gasteiger partial charge in [-0.05, 0) is 54.9 Å². The zero-order valence-electron chi connectivity index (χ0n) is 31.0. The number of rotatable bonds is 14. The molecule has 7 rings (SSSR count). The maximum absolute atomic E-state index is 13.1. The summed E-state index contributed by atoms with van der Waals surface area (Å²) in [4.78, 5) is 91.5. The van der Waals surface area contributed by atoms with E-state index in [2.05, 4.69) is 15.2 Å². The van der Waals surface area contributed by atoms with Crippen LogP contribution in [0.4, 0.5) is 10.6 Å². The summed E-state index contributed by atoms with van der Waals surface area (Å²) >= 11 is 0. The number of nitrogens with one attached hydrogen (secondary N) is 1. The Bertz CT molecular complexity index is 2000. The molecule has 4 aliphatic heterocycles. The Hall–Kier alpha value is -5.70. The number of ketones is 1. The van der Waals surface area contributed by atoms with E-state index in [1.54, 1.807) is 34.2 Å². The number of ether oxygens (including phenoxy) is 1. The number of hydrogen-bond donors (Lipinski definition) is 2. The molecule has 55 heavy (non-hydrogen) atoms. The molecule has 0 radical (unpaired) electrons. The van der Waals surface area contributed by atoms with Gasteiger partial charge in [0.05, 0.1) is 24.5 Å². The molecule has 3 fully saturated rings. The molecular formula is C40H46N8O7. The predicted octanol–water partition coefficient (Wildman–Crippen LogP) is 2.49. The molecule has 2 aromatic carbocycles. The quantitative estimate of drug-likeness (QED) is 0.141. The highest BCUT2D eigenvalue weighted by Gasteiger charge is 2.40. The third-order valence-electron chi connectivity index (χ3n) is 11.0. The minimum Gasteiger partial charge on any atom is -0.381 e. The summed E-state index contributed by atoms with van der Waals surface area (Å²) in [6, 6.07) is 12.2. The average Bonchev–Trinajstić information content (AvgIpc) is 3.70. The van der Waals surface area contributed by atoms with E-state index in [1.165, 1.54) is 0 Å². The van der Waals surface area contributed by atoms with Crippen molar-refractivity contribution in [1.29, 1.82) is 0 Å². The number of primary amides is 1. The number of aromatic nitrogens is 2. The lowest BCUT2D eigenvalue weighted by molar-refractivity contribution is -0.136. The Morgan fingerprint density at radius 3 is 2.55 bits per heavy atom. The van der Waals surface area contributed by atoms with Gasteiger partial charge < -0.3 is 30.1 Å². The van der Waals surface area contributed by atoms with Crippen molar-refractivity contribution < 1.29 is 33.5 Å². The van der Waals surface area contributed by atoms with Crippen LogP contribution < -0.4 is 16.0 Å². The summed E-state index contributed by atoms with van der Waals surface area (Å²) in [7, 11) is 1.82. The minimum atomic E-state index is -0.663. The summed E-state index contributed by atoms with van der Waals surface area (Å²) in [5.41, 5.74) is 10.1. The molecule has 4 aliphatic rings. The standard InChI is InChI=1S/C40H46N8O7/c1-45-17-18-47(40(45)54)28-6-3-16-46(23-28)34-22-42-36(37(41)51)31(43-34)21-25-9-11-27(12-10-25)33(49)8-4-19-55-20-15-26-5-2-7-29-30(26)24-48(39(29)53)32-13-14-35(50)44-38(32)52/h2,5,7,9-12,22,28,32H,3-4,6,8,13-21,23-24H2,1H3,(H2,41,51)(H,44,50,52)/t28-,32?/m1/s1. The maximum Gasteiger partial charge on any atom is 0.320 e. The highest BCUT2D eigenvalue weighted by molar-refractivity contribution is 6.05. The van der Waals surface area contributed by atoms with Crippen LogP contribution in [-0.2, 0) is 33.7 Å². The van der Waals surface area contributed by atoms with Gasteiger partial charge in [-0.15, -0.1) is 0 Å². The van der Waals surface area contributed by atoms with Crippen LogP contribution in [0.2, 0.25) is 0 Å². The van der Waals surface area contributed by atoms with Crippen LogP contribution in [0.5, 0.6) is 0 Å². The third kappa shape index (κ3) is 8.21. The van der Waals surface area contributed by atoms with Gasteiger partial charge in [0.1, 0.15) is 17.6 Å². The van der Waals surface area contributed by atoms with E-state index < -0.39 is 17.9 Å². The summed E-state index contributed by atoms with van der Waals surface area (Å²) in [5.74, 6) is -0.989. The maximum atomic E-state index is 13.1. The Kier molecular flexibility index (Phi) is 11.2. The number of piperidine rings is 2. The fraction of sp³-hybridized carbons (Fsp3) is 0.450. The summed E-state index contributed by atoms with van der Waals surface area (Å²) < 4.78 is 5.87. The fourth-order valence-corrected chi connectivity index (χ4v) is 7.97. The topological polar surface area (TPSA) is 188 Å². The number of nitrogens with zero attached hydrogens (tertiary/aromatic N) is 6. The molecule has 0 saturated carbocycles. The highest BCUT2D eigenvalue weighted by Crippen LogP contribution is 2.30. The number of urea groups is 1. The summed E-state index contributed by atoms with van der Waals surface area (Å²) in [6.45, 7) is 3.95. The zero-order valence-corrected chi connectivity index (χ0v) is 31.0. The monoisotopic (exact) mass is 750 g/mol. The average molecular weight is 751 g/mol. The SMILES string of the molecule is CN1CCN([C@@H]2CCCN(c3cnc(C(N)=O)c(Cc4ccc(C(=O)CCCOCCc5cccc6c5CN(C5CCC(=O)NC5=O)C6=O)cc4)n3)C2)C1=O. The first-order chi connectivity index (χ1) is 26.6. The molecule has 2 atom stereocenters. The van der Waals surface area contributed by atoms with Crippen molar-refractivity contribution in [3.63, 3.8) is 0 Å².